The van der Waals surface area contributed by atoms with Gasteiger partial charge in [0.05, 0.1) is 49.3 Å². The highest BCUT2D eigenvalue weighted by atomic mass is 35.5. The Bertz CT molecular complexity index is 1980. The van der Waals surface area contributed by atoms with Crippen LogP contribution >= 0.6 is 12.4 Å². The summed E-state index contributed by atoms with van der Waals surface area (Å²) < 4.78 is 39.8. The number of hydrogen-bond acceptors (Lipinski definition) is 9. The fraction of sp³-hybridized carbons (Fsp3) is 0.362. The Morgan fingerprint density at radius 3 is 1.54 bits per heavy atom. The molecule has 57 heavy (non-hydrogen) atoms. The molecule has 9 nitrogen and oxygen atoms in total. The molecular weight excluding hydrogens is 740 g/mol. The van der Waals surface area contributed by atoms with E-state index in [1.807, 2.05) is 24.3 Å². The highest BCUT2D eigenvalue weighted by molar-refractivity contribution is 5.85. The molecule has 0 saturated carbocycles. The second-order valence-corrected chi connectivity index (χ2v) is 14.1. The summed E-state index contributed by atoms with van der Waals surface area (Å²) in [4.78, 5) is 5.14. The number of ether oxygens (including phenoxy) is 7. The van der Waals surface area contributed by atoms with Gasteiger partial charge >= 0.3 is 0 Å². The van der Waals surface area contributed by atoms with Crippen molar-refractivity contribution < 1.29 is 33.2 Å². The van der Waals surface area contributed by atoms with Gasteiger partial charge in [0.25, 0.3) is 0 Å². The first-order valence-corrected chi connectivity index (χ1v) is 19.4. The minimum absolute atomic E-state index is 0. The van der Waals surface area contributed by atoms with Crippen LogP contribution in [-0.2, 0) is 13.1 Å². The topological polar surface area (TPSA) is 71.1 Å². The Labute approximate surface area is 344 Å². The van der Waals surface area contributed by atoms with E-state index in [1.54, 1.807) is 42.7 Å². The smallest absolute Gasteiger partial charge is 0.203 e. The van der Waals surface area contributed by atoms with Gasteiger partial charge in [-0.05, 0) is 113 Å². The Balaban J connectivity index is 0.00000620. The van der Waals surface area contributed by atoms with Crippen molar-refractivity contribution in [2.75, 3.05) is 67.3 Å². The molecule has 0 aliphatic carbocycles. The summed E-state index contributed by atoms with van der Waals surface area (Å²) in [6.45, 7) is 6.57. The van der Waals surface area contributed by atoms with E-state index in [0.717, 1.165) is 86.5 Å². The number of halogens is 1. The van der Waals surface area contributed by atoms with Gasteiger partial charge in [0, 0.05) is 37.9 Å². The maximum absolute atomic E-state index is 6.03. The zero-order chi connectivity index (χ0) is 39.4. The molecule has 5 aromatic rings. The molecule has 1 saturated heterocycles. The fourth-order valence-electron chi connectivity index (χ4n) is 7.54. The van der Waals surface area contributed by atoms with E-state index in [0.29, 0.717) is 40.5 Å². The first-order valence-electron chi connectivity index (χ1n) is 19.4. The third-order valence-corrected chi connectivity index (χ3v) is 10.5. The van der Waals surface area contributed by atoms with Gasteiger partial charge in [0.1, 0.15) is 5.75 Å². The van der Waals surface area contributed by atoms with Crippen LogP contribution in [0.25, 0.3) is 22.3 Å². The maximum atomic E-state index is 6.03. The van der Waals surface area contributed by atoms with E-state index >= 15 is 0 Å². The number of rotatable bonds is 18. The van der Waals surface area contributed by atoms with E-state index in [-0.39, 0.29) is 12.4 Å². The molecule has 1 heterocycles. The number of likely N-dealkylation sites (tertiary alicyclic amines) is 1. The van der Waals surface area contributed by atoms with Crippen LogP contribution in [0.2, 0.25) is 0 Å². The van der Waals surface area contributed by atoms with Gasteiger partial charge in [0.2, 0.25) is 11.5 Å². The fourth-order valence-corrected chi connectivity index (χ4v) is 7.54. The zero-order valence-electron chi connectivity index (χ0n) is 34.3. The molecule has 0 bridgehead atoms. The number of anilines is 1. The summed E-state index contributed by atoms with van der Waals surface area (Å²) in [5.74, 6) is 4.64. The molecule has 10 heteroatoms. The van der Waals surface area contributed by atoms with E-state index in [4.69, 9.17) is 33.2 Å². The summed E-state index contributed by atoms with van der Waals surface area (Å²) >= 11 is 0. The Morgan fingerprint density at radius 2 is 1.07 bits per heavy atom. The van der Waals surface area contributed by atoms with Gasteiger partial charge in [-0.2, -0.15) is 0 Å². The number of hydrogen-bond donors (Lipinski definition) is 0. The molecule has 6 rings (SSSR count). The van der Waals surface area contributed by atoms with Crippen LogP contribution in [0.15, 0.2) is 97.1 Å². The van der Waals surface area contributed by atoms with Crippen molar-refractivity contribution in [3.05, 3.63) is 108 Å². The normalized spacial score (nSPS) is 13.0. The Morgan fingerprint density at radius 1 is 0.579 bits per heavy atom. The van der Waals surface area contributed by atoms with Crippen LogP contribution in [0.5, 0.6) is 40.2 Å². The van der Waals surface area contributed by atoms with Crippen molar-refractivity contribution in [2.24, 2.45) is 0 Å². The lowest BCUT2D eigenvalue weighted by Gasteiger charge is -2.40. The molecule has 0 radical (unpaired) electrons. The molecule has 5 aromatic carbocycles. The second kappa shape index (κ2) is 20.8. The molecule has 0 spiro atoms. The van der Waals surface area contributed by atoms with Crippen LogP contribution in [0.1, 0.15) is 43.7 Å². The third-order valence-electron chi connectivity index (χ3n) is 10.5. The summed E-state index contributed by atoms with van der Waals surface area (Å²) in [6, 6.07) is 34.5. The Kier molecular flexibility index (Phi) is 15.6. The van der Waals surface area contributed by atoms with Crippen molar-refractivity contribution in [3.8, 4) is 62.5 Å². The highest BCUT2D eigenvalue weighted by Crippen LogP contribution is 2.43. The first kappa shape index (κ1) is 42.9. The largest absolute Gasteiger partial charge is 0.494 e. The van der Waals surface area contributed by atoms with Gasteiger partial charge in [-0.25, -0.2) is 0 Å². The van der Waals surface area contributed by atoms with Gasteiger partial charge in [-0.3, -0.25) is 4.90 Å². The van der Waals surface area contributed by atoms with E-state index in [1.165, 1.54) is 16.8 Å². The van der Waals surface area contributed by atoms with Gasteiger partial charge in [-0.15, -0.1) is 12.4 Å². The molecular formula is C47H57ClN2O7. The summed E-state index contributed by atoms with van der Waals surface area (Å²) in [5, 5.41) is 0. The quantitative estimate of drug-likeness (QED) is 0.0806. The van der Waals surface area contributed by atoms with Gasteiger partial charge in [-0.1, -0.05) is 49.7 Å². The van der Waals surface area contributed by atoms with Crippen LogP contribution < -0.4 is 38.1 Å². The molecule has 0 unspecified atom stereocenters. The summed E-state index contributed by atoms with van der Waals surface area (Å²) in [6.07, 6.45) is 4.25. The first-order chi connectivity index (χ1) is 27.4. The molecule has 0 aromatic heterocycles. The lowest BCUT2D eigenvalue weighted by molar-refractivity contribution is 0.201. The van der Waals surface area contributed by atoms with Crippen LogP contribution in [0.3, 0.4) is 0 Å². The molecule has 0 atom stereocenters. The lowest BCUT2D eigenvalue weighted by atomic mass is 9.98. The number of nitrogens with zero attached hydrogens (tertiary/aromatic N) is 2. The number of piperidine rings is 1. The maximum Gasteiger partial charge on any atom is 0.203 e. The third kappa shape index (κ3) is 10.4. The monoisotopic (exact) mass is 796 g/mol. The predicted molar refractivity (Wildman–Crippen MR) is 232 cm³/mol. The summed E-state index contributed by atoms with van der Waals surface area (Å²) in [7, 11) is 9.84. The highest BCUT2D eigenvalue weighted by Gasteiger charge is 2.26. The number of unbranched alkanes of at least 4 members (excludes halogenated alkanes) is 1. The molecule has 0 N–H and O–H groups in total. The average molecular weight is 797 g/mol. The van der Waals surface area contributed by atoms with Crippen molar-refractivity contribution in [1.82, 2.24) is 4.90 Å². The molecule has 1 aliphatic rings. The van der Waals surface area contributed by atoms with Gasteiger partial charge < -0.3 is 38.1 Å². The van der Waals surface area contributed by atoms with Crippen molar-refractivity contribution in [1.29, 1.82) is 0 Å². The standard InChI is InChI=1S/C47H56N2O7.ClH/c1-8-9-24-56-41-18-16-39(17-19-41)49(32-34-13-11-15-36(26-34)38-29-44(52-4)47(55-7)45(30-38)53-5)40-20-22-48(23-21-40)31-33-12-10-14-35(25-33)37-27-42(50-2)46(54-6)43(28-37)51-3;/h10-19,25-30,40H,8-9,20-24,31-32H2,1-7H3;1H. The summed E-state index contributed by atoms with van der Waals surface area (Å²) in [5.41, 5.74) is 7.92. The minimum atomic E-state index is 0. The molecule has 1 aliphatic heterocycles. The van der Waals surface area contributed by atoms with Crippen LogP contribution in [0.4, 0.5) is 5.69 Å². The van der Waals surface area contributed by atoms with Crippen molar-refractivity contribution in [2.45, 2.75) is 51.7 Å². The molecule has 0 amide bonds. The number of benzene rings is 5. The molecule has 304 valence electrons. The van der Waals surface area contributed by atoms with Crippen LogP contribution in [0, 0.1) is 0 Å². The second-order valence-electron chi connectivity index (χ2n) is 14.1. The van der Waals surface area contributed by atoms with E-state index < -0.39 is 0 Å². The predicted octanol–water partition coefficient (Wildman–Crippen LogP) is 10.3. The van der Waals surface area contributed by atoms with Crippen molar-refractivity contribution >= 4 is 18.1 Å². The lowest BCUT2D eigenvalue weighted by Crippen LogP contribution is -2.44. The minimum Gasteiger partial charge on any atom is -0.494 e. The molecule has 1 fully saturated rings. The zero-order valence-corrected chi connectivity index (χ0v) is 35.2. The van der Waals surface area contributed by atoms with Gasteiger partial charge in [0.15, 0.2) is 23.0 Å². The SMILES string of the molecule is CCCCOc1ccc(N(Cc2cccc(-c3cc(OC)c(OC)c(OC)c3)c2)C2CCN(Cc3cccc(-c4cc(OC)c(OC)c(OC)c4)c3)CC2)cc1.Cl. The number of methoxy groups -OCH3 is 6. The average Bonchev–Trinajstić information content (AvgIpc) is 3.25. The van der Waals surface area contributed by atoms with E-state index in [2.05, 4.69) is 89.5 Å². The Hall–Kier alpha value is -5.25. The van der Waals surface area contributed by atoms with E-state index in [9.17, 15) is 0 Å². The van der Waals surface area contributed by atoms with Crippen LogP contribution in [-0.4, -0.2) is 73.3 Å². The van der Waals surface area contributed by atoms with Crippen molar-refractivity contribution in [3.63, 3.8) is 0 Å².